The van der Waals surface area contributed by atoms with Gasteiger partial charge in [0.2, 0.25) is 0 Å². The molecule has 18 heavy (non-hydrogen) atoms. The zero-order valence-electron chi connectivity index (χ0n) is 10.6. The van der Waals surface area contributed by atoms with Crippen molar-refractivity contribution in [1.29, 1.82) is 0 Å². The number of nitrogen functional groups attached to an aromatic ring is 1. The van der Waals surface area contributed by atoms with Gasteiger partial charge in [-0.15, -0.1) is 0 Å². The SMILES string of the molecule is CC1SCCN(C(=O)c2cc(O)ccc2N)C1C. The molecule has 2 rings (SSSR count). The maximum Gasteiger partial charge on any atom is 0.256 e. The van der Waals surface area contributed by atoms with Crippen molar-refractivity contribution in [1.82, 2.24) is 4.90 Å². The van der Waals surface area contributed by atoms with E-state index in [2.05, 4.69) is 6.92 Å². The smallest absolute Gasteiger partial charge is 0.256 e. The van der Waals surface area contributed by atoms with Crippen LogP contribution in [0.25, 0.3) is 0 Å². The first-order chi connectivity index (χ1) is 8.50. The Morgan fingerprint density at radius 3 is 2.94 bits per heavy atom. The number of benzene rings is 1. The maximum atomic E-state index is 12.5. The minimum atomic E-state index is -0.0944. The molecule has 0 aliphatic carbocycles. The van der Waals surface area contributed by atoms with E-state index in [1.54, 1.807) is 6.07 Å². The largest absolute Gasteiger partial charge is 0.508 e. The topological polar surface area (TPSA) is 66.6 Å². The number of rotatable bonds is 1. The Balaban J connectivity index is 2.27. The van der Waals surface area contributed by atoms with Gasteiger partial charge in [-0.2, -0.15) is 11.8 Å². The van der Waals surface area contributed by atoms with Gasteiger partial charge >= 0.3 is 0 Å². The number of amides is 1. The number of carbonyl (C=O) groups is 1. The molecule has 1 saturated heterocycles. The molecule has 0 saturated carbocycles. The summed E-state index contributed by atoms with van der Waals surface area (Å²) in [4.78, 5) is 14.3. The van der Waals surface area contributed by atoms with Crippen molar-refractivity contribution >= 4 is 23.4 Å². The number of hydrogen-bond acceptors (Lipinski definition) is 4. The molecule has 0 bridgehead atoms. The van der Waals surface area contributed by atoms with Crippen molar-refractivity contribution in [3.05, 3.63) is 23.8 Å². The van der Waals surface area contributed by atoms with E-state index in [0.29, 0.717) is 16.5 Å². The molecule has 4 nitrogen and oxygen atoms in total. The van der Waals surface area contributed by atoms with Crippen LogP contribution in [-0.4, -0.2) is 39.5 Å². The summed E-state index contributed by atoms with van der Waals surface area (Å²) >= 11 is 1.88. The van der Waals surface area contributed by atoms with E-state index in [1.807, 2.05) is 23.6 Å². The van der Waals surface area contributed by atoms with Gasteiger partial charge in [0, 0.05) is 29.3 Å². The van der Waals surface area contributed by atoms with E-state index in [0.717, 1.165) is 12.3 Å². The van der Waals surface area contributed by atoms with Gasteiger partial charge in [-0.05, 0) is 25.1 Å². The van der Waals surface area contributed by atoms with Crippen LogP contribution in [0.4, 0.5) is 5.69 Å². The highest BCUT2D eigenvalue weighted by Gasteiger charge is 2.30. The molecule has 1 heterocycles. The lowest BCUT2D eigenvalue weighted by atomic mass is 10.1. The van der Waals surface area contributed by atoms with Gasteiger partial charge in [0.1, 0.15) is 5.75 Å². The second-order valence-electron chi connectivity index (χ2n) is 4.59. The van der Waals surface area contributed by atoms with E-state index < -0.39 is 0 Å². The molecule has 0 radical (unpaired) electrons. The number of hydrogen-bond donors (Lipinski definition) is 2. The maximum absolute atomic E-state index is 12.5. The molecule has 1 aliphatic rings. The zero-order valence-corrected chi connectivity index (χ0v) is 11.4. The van der Waals surface area contributed by atoms with Gasteiger partial charge in [-0.25, -0.2) is 0 Å². The number of phenols is 1. The fourth-order valence-electron chi connectivity index (χ4n) is 2.10. The first-order valence-electron chi connectivity index (χ1n) is 6.01. The Bertz CT molecular complexity index is 464. The summed E-state index contributed by atoms with van der Waals surface area (Å²) in [5.74, 6) is 0.915. The summed E-state index contributed by atoms with van der Waals surface area (Å²) in [5, 5.41) is 9.89. The van der Waals surface area contributed by atoms with E-state index in [9.17, 15) is 9.90 Å². The van der Waals surface area contributed by atoms with Crippen LogP contribution in [-0.2, 0) is 0 Å². The van der Waals surface area contributed by atoms with Crippen molar-refractivity contribution in [3.8, 4) is 5.75 Å². The summed E-state index contributed by atoms with van der Waals surface area (Å²) in [5.41, 5.74) is 6.62. The standard InChI is InChI=1S/C13H18N2O2S/c1-8-9(2)18-6-5-15(8)13(17)11-7-10(16)3-4-12(11)14/h3-4,7-9,16H,5-6,14H2,1-2H3. The Labute approximate surface area is 111 Å². The number of nitrogens with two attached hydrogens (primary N) is 1. The first kappa shape index (κ1) is 13.1. The summed E-state index contributed by atoms with van der Waals surface area (Å²) in [6, 6.07) is 4.68. The van der Waals surface area contributed by atoms with Crippen molar-refractivity contribution in [2.75, 3.05) is 18.0 Å². The lowest BCUT2D eigenvalue weighted by Gasteiger charge is -2.37. The molecule has 0 aromatic heterocycles. The molecule has 2 unspecified atom stereocenters. The normalized spacial score (nSPS) is 24.0. The van der Waals surface area contributed by atoms with Crippen LogP contribution in [0.2, 0.25) is 0 Å². The Hall–Kier alpha value is -1.36. The molecule has 1 amide bonds. The minimum absolute atomic E-state index is 0.0691. The molecule has 0 spiro atoms. The lowest BCUT2D eigenvalue weighted by molar-refractivity contribution is 0.0699. The van der Waals surface area contributed by atoms with Crippen LogP contribution in [0.1, 0.15) is 24.2 Å². The summed E-state index contributed by atoms with van der Waals surface area (Å²) in [7, 11) is 0. The molecule has 98 valence electrons. The van der Waals surface area contributed by atoms with Crippen molar-refractivity contribution < 1.29 is 9.90 Å². The molecular weight excluding hydrogens is 248 g/mol. The molecule has 2 atom stereocenters. The van der Waals surface area contributed by atoms with E-state index in [1.165, 1.54) is 12.1 Å². The highest BCUT2D eigenvalue weighted by atomic mass is 32.2. The van der Waals surface area contributed by atoms with Crippen LogP contribution in [0.15, 0.2) is 18.2 Å². The molecule has 3 N–H and O–H groups in total. The van der Waals surface area contributed by atoms with Gasteiger partial charge in [0.15, 0.2) is 0 Å². The van der Waals surface area contributed by atoms with Gasteiger partial charge in [0.25, 0.3) is 5.91 Å². The quantitative estimate of drug-likeness (QED) is 0.602. The molecule has 1 fully saturated rings. The fraction of sp³-hybridized carbons (Fsp3) is 0.462. The number of thioether (sulfide) groups is 1. The van der Waals surface area contributed by atoms with E-state index >= 15 is 0 Å². The molecule has 1 aromatic carbocycles. The Morgan fingerprint density at radius 1 is 1.50 bits per heavy atom. The van der Waals surface area contributed by atoms with E-state index in [4.69, 9.17) is 5.73 Å². The minimum Gasteiger partial charge on any atom is -0.508 e. The number of carbonyl (C=O) groups excluding carboxylic acids is 1. The van der Waals surface area contributed by atoms with Crippen molar-refractivity contribution in [3.63, 3.8) is 0 Å². The molecule has 5 heteroatoms. The number of nitrogens with zero attached hydrogens (tertiary/aromatic N) is 1. The predicted octanol–water partition coefficient (Wildman–Crippen LogP) is 1.94. The Morgan fingerprint density at radius 2 is 2.22 bits per heavy atom. The second-order valence-corrected chi connectivity index (χ2v) is 6.07. The highest BCUT2D eigenvalue weighted by molar-refractivity contribution is 8.00. The van der Waals surface area contributed by atoms with Crippen LogP contribution >= 0.6 is 11.8 Å². The highest BCUT2D eigenvalue weighted by Crippen LogP contribution is 2.27. The fourth-order valence-corrected chi connectivity index (χ4v) is 3.20. The number of phenolic OH excluding ortho intramolecular Hbond substituents is 1. The predicted molar refractivity (Wildman–Crippen MR) is 74.9 cm³/mol. The first-order valence-corrected chi connectivity index (χ1v) is 7.06. The lowest BCUT2D eigenvalue weighted by Crippen LogP contribution is -2.48. The van der Waals surface area contributed by atoms with Crippen LogP contribution in [0, 0.1) is 0 Å². The number of anilines is 1. The average Bonchev–Trinajstić information content (AvgIpc) is 2.35. The van der Waals surface area contributed by atoms with Gasteiger partial charge in [0.05, 0.1) is 5.56 Å². The summed E-state index contributed by atoms with van der Waals surface area (Å²) in [6.07, 6.45) is 0. The van der Waals surface area contributed by atoms with Crippen molar-refractivity contribution in [2.24, 2.45) is 0 Å². The molecule has 1 aliphatic heterocycles. The van der Waals surface area contributed by atoms with Gasteiger partial charge in [-0.3, -0.25) is 4.79 Å². The summed E-state index contributed by atoms with van der Waals surface area (Å²) in [6.45, 7) is 4.90. The van der Waals surface area contributed by atoms with Crippen LogP contribution in [0.5, 0.6) is 5.75 Å². The Kier molecular flexibility index (Phi) is 3.71. The van der Waals surface area contributed by atoms with Crippen LogP contribution < -0.4 is 5.73 Å². The van der Waals surface area contributed by atoms with Crippen molar-refractivity contribution in [2.45, 2.75) is 25.1 Å². The zero-order chi connectivity index (χ0) is 13.3. The third-order valence-corrected chi connectivity index (χ3v) is 4.75. The summed E-state index contributed by atoms with van der Waals surface area (Å²) < 4.78 is 0. The van der Waals surface area contributed by atoms with Gasteiger partial charge in [-0.1, -0.05) is 6.92 Å². The third-order valence-electron chi connectivity index (χ3n) is 3.41. The van der Waals surface area contributed by atoms with Gasteiger partial charge < -0.3 is 15.7 Å². The number of aromatic hydroxyl groups is 1. The van der Waals surface area contributed by atoms with E-state index in [-0.39, 0.29) is 17.7 Å². The van der Waals surface area contributed by atoms with Crippen LogP contribution in [0.3, 0.4) is 0 Å². The third kappa shape index (κ3) is 2.41. The second kappa shape index (κ2) is 5.10. The molecule has 1 aromatic rings. The average molecular weight is 266 g/mol. The monoisotopic (exact) mass is 266 g/mol. The molecular formula is C13H18N2O2S.